The Hall–Kier alpha value is 1.39. The Morgan fingerprint density at radius 1 is 1.12 bits per heavy atom. The van der Waals surface area contributed by atoms with E-state index in [1.54, 1.807) is 0 Å². The monoisotopic (exact) mass is 545 g/mol. The van der Waals surface area contributed by atoms with Crippen molar-refractivity contribution in [3.8, 4) is 0 Å². The zero-order chi connectivity index (χ0) is 10.4. The fraction of sp³-hybridized carbons (Fsp3) is 0.308. The molecule has 4 heteroatoms. The van der Waals surface area contributed by atoms with Crippen LogP contribution in [0.15, 0.2) is 36.4 Å². The molecule has 2 aromatic rings. The second-order valence-corrected chi connectivity index (χ2v) is 4.35. The summed E-state index contributed by atoms with van der Waals surface area (Å²) < 4.78 is 0. The van der Waals surface area contributed by atoms with E-state index >= 15 is 0 Å². The quantitative estimate of drug-likeness (QED) is 0.219. The standard InChI is InChI=1S/C11H11.C2H6Si.2HI.Zr/c1-2-9-7-10-5-3-4-6-11(10)8-9;1-3-2;;;/h3-8H,2H2,1H3;1-2H3;2*1H;/q-1;;;;+3/p-2. The van der Waals surface area contributed by atoms with Gasteiger partial charge in [0.25, 0.3) is 0 Å². The largest absolute Gasteiger partial charge is 3.00 e. The normalized spacial score (nSPS) is 7.94. The maximum Gasteiger partial charge on any atom is 3.00 e. The topological polar surface area (TPSA) is 0 Å². The molecule has 3 radical (unpaired) electrons. The molecule has 0 unspecified atom stereocenters. The summed E-state index contributed by atoms with van der Waals surface area (Å²) in [6.45, 7) is 6.49. The predicted molar refractivity (Wildman–Crippen MR) is 66.4 cm³/mol. The van der Waals surface area contributed by atoms with E-state index in [-0.39, 0.29) is 74.2 Å². The minimum absolute atomic E-state index is 0. The van der Waals surface area contributed by atoms with Crippen LogP contribution in [0.4, 0.5) is 0 Å². The molecule has 0 aliphatic rings. The van der Waals surface area contributed by atoms with Gasteiger partial charge in [0.15, 0.2) is 0 Å². The van der Waals surface area contributed by atoms with Crippen molar-refractivity contribution >= 4 is 20.3 Å². The molecule has 2 rings (SSSR count). The molecule has 0 saturated carbocycles. The van der Waals surface area contributed by atoms with Crippen molar-refractivity contribution in [3.63, 3.8) is 0 Å². The van der Waals surface area contributed by atoms with Crippen molar-refractivity contribution in [2.45, 2.75) is 26.4 Å². The number of fused-ring (bicyclic) bond motifs is 1. The fourth-order valence-electron chi connectivity index (χ4n) is 1.42. The van der Waals surface area contributed by atoms with Crippen LogP contribution in [0.25, 0.3) is 10.8 Å². The van der Waals surface area contributed by atoms with Crippen LogP contribution in [0.5, 0.6) is 0 Å². The van der Waals surface area contributed by atoms with Crippen LogP contribution in [0.1, 0.15) is 12.5 Å². The first kappa shape index (κ1) is 23.5. The average Bonchev–Trinajstić information content (AvgIpc) is 2.61. The van der Waals surface area contributed by atoms with Crippen molar-refractivity contribution in [3.05, 3.63) is 42.0 Å². The van der Waals surface area contributed by atoms with Gasteiger partial charge in [-0.15, -0.1) is 40.6 Å². The summed E-state index contributed by atoms with van der Waals surface area (Å²) in [6, 6.07) is 13.0. The molecule has 0 aliphatic carbocycles. The smallest absolute Gasteiger partial charge is 1.00 e. The van der Waals surface area contributed by atoms with Crippen molar-refractivity contribution < 1.29 is 74.2 Å². The van der Waals surface area contributed by atoms with Crippen LogP contribution in [0.2, 0.25) is 13.1 Å². The van der Waals surface area contributed by atoms with Crippen molar-refractivity contribution in [1.82, 2.24) is 0 Å². The maximum atomic E-state index is 2.26. The molecular weight excluding hydrogens is 529 g/mol. The number of rotatable bonds is 1. The minimum Gasteiger partial charge on any atom is -1.00 e. The van der Waals surface area contributed by atoms with E-state index in [0.29, 0.717) is 0 Å². The number of halogens is 2. The molecule has 0 atom stereocenters. The van der Waals surface area contributed by atoms with E-state index in [2.05, 4.69) is 56.4 Å². The second-order valence-electron chi connectivity index (χ2n) is 3.35. The predicted octanol–water partition coefficient (Wildman–Crippen LogP) is -2.09. The van der Waals surface area contributed by atoms with Gasteiger partial charge in [-0.05, 0) is 6.42 Å². The third kappa shape index (κ3) is 8.22. The van der Waals surface area contributed by atoms with Gasteiger partial charge in [-0.1, -0.05) is 26.1 Å². The van der Waals surface area contributed by atoms with Gasteiger partial charge in [0.1, 0.15) is 0 Å². The van der Waals surface area contributed by atoms with Crippen LogP contribution < -0.4 is 48.0 Å². The molecule has 0 fully saturated rings. The number of hydrogen-bond acceptors (Lipinski definition) is 0. The Morgan fingerprint density at radius 3 is 2.12 bits per heavy atom. The van der Waals surface area contributed by atoms with E-state index in [1.165, 1.54) is 16.3 Å². The molecule has 0 spiro atoms. The second kappa shape index (κ2) is 13.8. The van der Waals surface area contributed by atoms with Crippen LogP contribution in [0.3, 0.4) is 0 Å². The van der Waals surface area contributed by atoms with E-state index < -0.39 is 0 Å². The van der Waals surface area contributed by atoms with E-state index in [0.717, 1.165) is 15.9 Å². The number of aryl methyl sites for hydroxylation is 1. The molecule has 91 valence electrons. The molecule has 0 heterocycles. The van der Waals surface area contributed by atoms with Crippen LogP contribution >= 0.6 is 0 Å². The SMILES string of the molecule is CCc1cc2ccccc2[cH-]1.C[Si]C.[I-].[I-].[Zr+3]. The van der Waals surface area contributed by atoms with Gasteiger partial charge in [-0.3, -0.25) is 0 Å². The summed E-state index contributed by atoms with van der Waals surface area (Å²) in [5.41, 5.74) is 1.44. The van der Waals surface area contributed by atoms with E-state index in [1.807, 2.05) is 0 Å². The molecule has 0 nitrogen and oxygen atoms in total. The first-order valence-electron chi connectivity index (χ1n) is 5.04. The first-order chi connectivity index (χ1) is 6.81. The molecule has 2 aromatic carbocycles. The Morgan fingerprint density at radius 2 is 1.65 bits per heavy atom. The molecule has 0 aromatic heterocycles. The minimum atomic E-state index is 0. The summed E-state index contributed by atoms with van der Waals surface area (Å²) in [5.74, 6) is 0. The Kier molecular flexibility index (Phi) is 19.1. The summed E-state index contributed by atoms with van der Waals surface area (Å²) >= 11 is 0. The van der Waals surface area contributed by atoms with Gasteiger partial charge >= 0.3 is 26.2 Å². The summed E-state index contributed by atoms with van der Waals surface area (Å²) in [5, 5.41) is 2.73. The van der Waals surface area contributed by atoms with Crippen molar-refractivity contribution in [2.75, 3.05) is 0 Å². The van der Waals surface area contributed by atoms with Crippen LogP contribution in [0, 0.1) is 0 Å². The summed E-state index contributed by atoms with van der Waals surface area (Å²) in [7, 11) is 1.08. The third-order valence-electron chi connectivity index (χ3n) is 2.09. The Labute approximate surface area is 161 Å². The molecule has 0 saturated heterocycles. The first-order valence-corrected chi connectivity index (χ1v) is 7.04. The van der Waals surface area contributed by atoms with Gasteiger partial charge in [0, 0.05) is 9.52 Å². The van der Waals surface area contributed by atoms with Crippen LogP contribution in [-0.2, 0) is 32.6 Å². The summed E-state index contributed by atoms with van der Waals surface area (Å²) in [4.78, 5) is 0. The number of benzene rings is 1. The fourth-order valence-corrected chi connectivity index (χ4v) is 1.42. The van der Waals surface area contributed by atoms with Crippen molar-refractivity contribution in [1.29, 1.82) is 0 Å². The average molecular weight is 546 g/mol. The van der Waals surface area contributed by atoms with Gasteiger partial charge in [0.2, 0.25) is 0 Å². The zero-order valence-corrected chi connectivity index (χ0v) is 18.2. The van der Waals surface area contributed by atoms with E-state index in [9.17, 15) is 0 Å². The Balaban J connectivity index is -0.000000300. The molecule has 17 heavy (non-hydrogen) atoms. The van der Waals surface area contributed by atoms with Gasteiger partial charge < -0.3 is 48.0 Å². The number of hydrogen-bond donors (Lipinski definition) is 0. The van der Waals surface area contributed by atoms with Gasteiger partial charge in [-0.25, -0.2) is 0 Å². The molecule has 0 bridgehead atoms. The molecule has 0 aliphatic heterocycles. The maximum absolute atomic E-state index is 2.26. The van der Waals surface area contributed by atoms with Gasteiger partial charge in [0.05, 0.1) is 0 Å². The van der Waals surface area contributed by atoms with Gasteiger partial charge in [-0.2, -0.15) is 6.07 Å². The van der Waals surface area contributed by atoms with Crippen molar-refractivity contribution in [2.24, 2.45) is 0 Å². The molecule has 0 N–H and O–H groups in total. The van der Waals surface area contributed by atoms with E-state index in [4.69, 9.17) is 0 Å². The summed E-state index contributed by atoms with van der Waals surface area (Å²) in [6.07, 6.45) is 1.13. The Bertz CT molecular complexity index is 355. The molecule has 0 amide bonds. The zero-order valence-electron chi connectivity index (χ0n) is 10.4. The third-order valence-corrected chi connectivity index (χ3v) is 2.09. The molecular formula is C13H17I2SiZr. The van der Waals surface area contributed by atoms with Crippen LogP contribution in [-0.4, -0.2) is 9.52 Å².